The first kappa shape index (κ1) is 14.6. The van der Waals surface area contributed by atoms with Crippen molar-refractivity contribution in [1.82, 2.24) is 15.6 Å². The van der Waals surface area contributed by atoms with Gasteiger partial charge in [0.15, 0.2) is 5.13 Å². The quantitative estimate of drug-likeness (QED) is 0.649. The van der Waals surface area contributed by atoms with Gasteiger partial charge in [0, 0.05) is 25.0 Å². The topological polar surface area (TPSA) is 109 Å². The van der Waals surface area contributed by atoms with Crippen molar-refractivity contribution < 1.29 is 9.59 Å². The first-order chi connectivity index (χ1) is 9.45. The number of amides is 2. The van der Waals surface area contributed by atoms with Crippen LogP contribution in [0.1, 0.15) is 36.4 Å². The molecule has 2 heterocycles. The summed E-state index contributed by atoms with van der Waals surface area (Å²) < 4.78 is 0. The zero-order chi connectivity index (χ0) is 14.7. The van der Waals surface area contributed by atoms with Crippen molar-refractivity contribution in [3.8, 4) is 0 Å². The molecule has 1 fully saturated rings. The number of carbonyl (C=O) groups is 2. The van der Waals surface area contributed by atoms with Gasteiger partial charge in [-0.3, -0.25) is 9.59 Å². The second-order valence-electron chi connectivity index (χ2n) is 5.05. The molecule has 5 N–H and O–H groups in total. The van der Waals surface area contributed by atoms with Gasteiger partial charge in [0.1, 0.15) is 10.7 Å². The predicted molar refractivity (Wildman–Crippen MR) is 78.8 cm³/mol. The van der Waals surface area contributed by atoms with Gasteiger partial charge in [-0.1, -0.05) is 11.3 Å². The number of nitrogens with one attached hydrogen (secondary N) is 3. The molecule has 0 bridgehead atoms. The van der Waals surface area contributed by atoms with E-state index < -0.39 is 0 Å². The number of hydrogen-bond acceptors (Lipinski definition) is 6. The molecule has 0 aliphatic carbocycles. The maximum atomic E-state index is 12.2. The molecule has 1 aromatic rings. The van der Waals surface area contributed by atoms with E-state index in [4.69, 9.17) is 5.73 Å². The van der Waals surface area contributed by atoms with Gasteiger partial charge in [-0.2, -0.15) is 0 Å². The molecule has 0 saturated carbocycles. The molecule has 8 heteroatoms. The van der Waals surface area contributed by atoms with Gasteiger partial charge in [-0.25, -0.2) is 4.98 Å². The highest BCUT2D eigenvalue weighted by molar-refractivity contribution is 7.18. The van der Waals surface area contributed by atoms with E-state index in [1.165, 1.54) is 11.3 Å². The molecule has 1 aromatic heterocycles. The van der Waals surface area contributed by atoms with E-state index in [1.807, 2.05) is 13.8 Å². The van der Waals surface area contributed by atoms with Crippen molar-refractivity contribution in [2.75, 3.05) is 17.6 Å². The van der Waals surface area contributed by atoms with Gasteiger partial charge < -0.3 is 21.7 Å². The lowest BCUT2D eigenvalue weighted by Crippen LogP contribution is -2.47. The van der Waals surface area contributed by atoms with Crippen LogP contribution in [-0.2, 0) is 4.79 Å². The van der Waals surface area contributed by atoms with Crippen LogP contribution in [-0.4, -0.2) is 35.4 Å². The molecule has 1 saturated heterocycles. The predicted octanol–water partition coefficient (Wildman–Crippen LogP) is 0.554. The van der Waals surface area contributed by atoms with Gasteiger partial charge in [0.2, 0.25) is 5.91 Å². The van der Waals surface area contributed by atoms with Crippen LogP contribution in [0.5, 0.6) is 0 Å². The normalized spacial score (nSPS) is 18.8. The van der Waals surface area contributed by atoms with E-state index in [-0.39, 0.29) is 29.7 Å². The second-order valence-corrected chi connectivity index (χ2v) is 6.04. The fourth-order valence-corrected chi connectivity index (χ4v) is 2.84. The lowest BCUT2D eigenvalue weighted by atomic mass is 10.1. The van der Waals surface area contributed by atoms with Crippen LogP contribution in [0.3, 0.4) is 0 Å². The average Bonchev–Trinajstić information content (AvgIpc) is 2.72. The third kappa shape index (κ3) is 3.60. The molecule has 110 valence electrons. The molecule has 0 aromatic carbocycles. The third-order valence-corrected chi connectivity index (χ3v) is 3.87. The molecular weight excluding hydrogens is 278 g/mol. The van der Waals surface area contributed by atoms with Crippen molar-refractivity contribution in [2.24, 2.45) is 0 Å². The largest absolute Gasteiger partial charge is 0.382 e. The highest BCUT2D eigenvalue weighted by Crippen LogP contribution is 2.25. The number of nitrogens with two attached hydrogens (primary N) is 1. The van der Waals surface area contributed by atoms with E-state index in [0.29, 0.717) is 29.4 Å². The summed E-state index contributed by atoms with van der Waals surface area (Å²) in [5, 5.41) is 9.36. The Morgan fingerprint density at radius 1 is 1.55 bits per heavy atom. The number of thiazole rings is 1. The minimum atomic E-state index is -0.238. The van der Waals surface area contributed by atoms with E-state index in [9.17, 15) is 9.59 Å². The lowest BCUT2D eigenvalue weighted by molar-refractivity contribution is -0.122. The number of hydrogen-bond donors (Lipinski definition) is 4. The Morgan fingerprint density at radius 3 is 2.90 bits per heavy atom. The summed E-state index contributed by atoms with van der Waals surface area (Å²) in [5.74, 6) is 0.0182. The minimum Gasteiger partial charge on any atom is -0.382 e. The summed E-state index contributed by atoms with van der Waals surface area (Å²) in [6.45, 7) is 4.43. The standard InChI is InChI=1S/C12H19N5O2S/c1-6(2)15-12-17-10(13)9(20-12)11(19)16-7-3-4-8(18)14-5-7/h6-7H,3-5,13H2,1-2H3,(H,14,18)(H,15,17)(H,16,19). The van der Waals surface area contributed by atoms with Crippen LogP contribution in [0.2, 0.25) is 0 Å². The van der Waals surface area contributed by atoms with Gasteiger partial charge in [-0.15, -0.1) is 0 Å². The van der Waals surface area contributed by atoms with Gasteiger partial charge >= 0.3 is 0 Å². The molecule has 7 nitrogen and oxygen atoms in total. The van der Waals surface area contributed by atoms with Crippen LogP contribution >= 0.6 is 11.3 Å². The number of nitrogens with zero attached hydrogens (tertiary/aromatic N) is 1. The Bertz CT molecular complexity index is 504. The van der Waals surface area contributed by atoms with Crippen LogP contribution in [0, 0.1) is 0 Å². The highest BCUT2D eigenvalue weighted by Gasteiger charge is 2.23. The Hall–Kier alpha value is -1.83. The van der Waals surface area contributed by atoms with Gasteiger partial charge in [0.05, 0.1) is 0 Å². The van der Waals surface area contributed by atoms with E-state index in [1.54, 1.807) is 0 Å². The number of carbonyl (C=O) groups excluding carboxylic acids is 2. The molecule has 1 unspecified atom stereocenters. The van der Waals surface area contributed by atoms with Gasteiger partial charge in [-0.05, 0) is 20.3 Å². The molecule has 2 amide bonds. The number of piperidine rings is 1. The second kappa shape index (κ2) is 6.08. The lowest BCUT2D eigenvalue weighted by Gasteiger charge is -2.23. The molecule has 2 rings (SSSR count). The zero-order valence-corrected chi connectivity index (χ0v) is 12.3. The highest BCUT2D eigenvalue weighted by atomic mass is 32.1. The van der Waals surface area contributed by atoms with Crippen molar-refractivity contribution in [2.45, 2.75) is 38.8 Å². The van der Waals surface area contributed by atoms with Crippen LogP contribution < -0.4 is 21.7 Å². The average molecular weight is 297 g/mol. The molecule has 0 spiro atoms. The minimum absolute atomic E-state index is 0.0243. The summed E-state index contributed by atoms with van der Waals surface area (Å²) in [4.78, 5) is 27.8. The van der Waals surface area contributed by atoms with Crippen LogP contribution in [0.15, 0.2) is 0 Å². The fraction of sp³-hybridized carbons (Fsp3) is 0.583. The Balaban J connectivity index is 1.98. The smallest absolute Gasteiger partial charge is 0.265 e. The monoisotopic (exact) mass is 297 g/mol. The fourth-order valence-electron chi connectivity index (χ4n) is 1.91. The maximum Gasteiger partial charge on any atom is 0.265 e. The van der Waals surface area contributed by atoms with Gasteiger partial charge in [0.25, 0.3) is 5.91 Å². The molecule has 1 aliphatic rings. The van der Waals surface area contributed by atoms with E-state index in [2.05, 4.69) is 20.9 Å². The van der Waals surface area contributed by atoms with Crippen LogP contribution in [0.4, 0.5) is 10.9 Å². The summed E-state index contributed by atoms with van der Waals surface area (Å²) >= 11 is 1.24. The summed E-state index contributed by atoms with van der Waals surface area (Å²) in [5.41, 5.74) is 5.77. The van der Waals surface area contributed by atoms with Crippen molar-refractivity contribution in [3.63, 3.8) is 0 Å². The first-order valence-electron chi connectivity index (χ1n) is 6.56. The van der Waals surface area contributed by atoms with Crippen molar-refractivity contribution in [1.29, 1.82) is 0 Å². The maximum absolute atomic E-state index is 12.2. The van der Waals surface area contributed by atoms with Crippen molar-refractivity contribution >= 4 is 34.1 Å². The molecule has 1 aliphatic heterocycles. The number of rotatable bonds is 4. The van der Waals surface area contributed by atoms with Crippen molar-refractivity contribution in [3.05, 3.63) is 4.88 Å². The van der Waals surface area contributed by atoms with E-state index >= 15 is 0 Å². The molecule has 20 heavy (non-hydrogen) atoms. The Labute approximate surface area is 121 Å². The number of anilines is 2. The summed E-state index contributed by atoms with van der Waals surface area (Å²) in [6.07, 6.45) is 1.08. The van der Waals surface area contributed by atoms with E-state index in [0.717, 1.165) is 0 Å². The summed E-state index contributed by atoms with van der Waals surface area (Å²) in [7, 11) is 0. The molecular formula is C12H19N5O2S. The first-order valence-corrected chi connectivity index (χ1v) is 7.37. The Morgan fingerprint density at radius 2 is 2.30 bits per heavy atom. The SMILES string of the molecule is CC(C)Nc1nc(N)c(C(=O)NC2CCC(=O)NC2)s1. The summed E-state index contributed by atoms with van der Waals surface area (Å²) in [6, 6.07) is 0.174. The molecule has 1 atom stereocenters. The number of nitrogen functional groups attached to an aromatic ring is 1. The van der Waals surface area contributed by atoms with Crippen LogP contribution in [0.25, 0.3) is 0 Å². The Kier molecular flexibility index (Phi) is 4.43. The third-order valence-electron chi connectivity index (χ3n) is 2.87. The molecule has 0 radical (unpaired) electrons. The zero-order valence-electron chi connectivity index (χ0n) is 11.5. The number of aromatic nitrogens is 1.